The van der Waals surface area contributed by atoms with Crippen LogP contribution in [0.25, 0.3) is 0 Å². The number of hydrogen-bond donors (Lipinski definition) is 3. The van der Waals surface area contributed by atoms with Crippen molar-refractivity contribution in [2.75, 3.05) is 13.1 Å². The van der Waals surface area contributed by atoms with E-state index in [2.05, 4.69) is 11.4 Å². The van der Waals surface area contributed by atoms with Gasteiger partial charge in [0.25, 0.3) is 10.1 Å². The second kappa shape index (κ2) is 10.3. The Kier molecular flexibility index (Phi) is 7.74. The maximum Gasteiger partial charge on any atom is 0.294 e. The van der Waals surface area contributed by atoms with Crippen LogP contribution < -0.4 is 5.32 Å². The summed E-state index contributed by atoms with van der Waals surface area (Å²) in [6.07, 6.45) is 2.41. The molecule has 2 fully saturated rings. The molecule has 2 aromatic rings. The van der Waals surface area contributed by atoms with Gasteiger partial charge in [0.05, 0.1) is 17.0 Å². The highest BCUT2D eigenvalue weighted by Gasteiger charge is 2.37. The van der Waals surface area contributed by atoms with Crippen LogP contribution in [0.1, 0.15) is 41.9 Å². The van der Waals surface area contributed by atoms with Gasteiger partial charge in [0, 0.05) is 13.1 Å². The molecule has 9 heteroatoms. The van der Waals surface area contributed by atoms with E-state index in [1.54, 1.807) is 23.1 Å². The fourth-order valence-electron chi connectivity index (χ4n) is 4.32. The summed E-state index contributed by atoms with van der Waals surface area (Å²) < 4.78 is 29.6. The van der Waals surface area contributed by atoms with Gasteiger partial charge in [-0.2, -0.15) is 13.7 Å². The molecule has 4 rings (SSSR count). The van der Waals surface area contributed by atoms with E-state index in [0.29, 0.717) is 12.3 Å². The van der Waals surface area contributed by atoms with Gasteiger partial charge in [-0.25, -0.2) is 0 Å². The van der Waals surface area contributed by atoms with Crippen LogP contribution in [-0.2, 0) is 14.9 Å². The summed E-state index contributed by atoms with van der Waals surface area (Å²) in [5, 5.41) is 22.3. The molecule has 0 aliphatic carbocycles. The summed E-state index contributed by atoms with van der Waals surface area (Å²) >= 11 is 0. The smallest absolute Gasteiger partial charge is 0.294 e. The fraction of sp³-hybridized carbons (Fsp3) is 0.417. The lowest BCUT2D eigenvalue weighted by atomic mass is 9.92. The largest absolute Gasteiger partial charge is 0.508 e. The van der Waals surface area contributed by atoms with Crippen LogP contribution in [0.15, 0.2) is 47.4 Å². The van der Waals surface area contributed by atoms with Crippen LogP contribution in [0.5, 0.6) is 5.75 Å². The van der Waals surface area contributed by atoms with Gasteiger partial charge in [0.1, 0.15) is 11.8 Å². The van der Waals surface area contributed by atoms with Crippen molar-refractivity contribution >= 4 is 16.0 Å². The molecule has 2 aromatic carbocycles. The molecule has 0 spiro atoms. The average molecular weight is 472 g/mol. The van der Waals surface area contributed by atoms with Crippen LogP contribution in [0.4, 0.5) is 0 Å². The number of aryl methyl sites for hydroxylation is 1. The van der Waals surface area contributed by atoms with E-state index < -0.39 is 10.1 Å². The number of hydrogen-bond acceptors (Lipinski definition) is 6. The lowest BCUT2D eigenvalue weighted by Crippen LogP contribution is -2.45. The Balaban J connectivity index is 0.000000235. The second-order valence-electron chi connectivity index (χ2n) is 8.49. The normalized spacial score (nSPS) is 22.4. The number of amides is 1. The number of carbonyl (C=O) groups is 1. The van der Waals surface area contributed by atoms with Crippen LogP contribution in [0.3, 0.4) is 0 Å². The lowest BCUT2D eigenvalue weighted by molar-refractivity contribution is -0.133. The van der Waals surface area contributed by atoms with Crippen molar-refractivity contribution in [2.45, 2.75) is 56.0 Å². The number of phenols is 1. The van der Waals surface area contributed by atoms with Gasteiger partial charge >= 0.3 is 0 Å². The first-order valence-electron chi connectivity index (χ1n) is 10.9. The van der Waals surface area contributed by atoms with Crippen molar-refractivity contribution in [1.82, 2.24) is 10.2 Å². The van der Waals surface area contributed by atoms with Crippen LogP contribution >= 0.6 is 0 Å². The van der Waals surface area contributed by atoms with Crippen molar-refractivity contribution in [2.24, 2.45) is 0 Å². The second-order valence-corrected chi connectivity index (χ2v) is 9.91. The maximum atomic E-state index is 12.6. The van der Waals surface area contributed by atoms with Crippen LogP contribution in [0, 0.1) is 25.2 Å². The third kappa shape index (κ3) is 5.90. The number of benzene rings is 2. The third-order valence-electron chi connectivity index (χ3n) is 6.22. The Labute approximate surface area is 194 Å². The molecule has 3 atom stereocenters. The number of nitriles is 1. The first-order valence-corrected chi connectivity index (χ1v) is 12.3. The number of aromatic hydroxyl groups is 1. The van der Waals surface area contributed by atoms with Crippen molar-refractivity contribution in [3.05, 3.63) is 59.2 Å². The fourth-order valence-corrected chi connectivity index (χ4v) is 4.80. The summed E-state index contributed by atoms with van der Waals surface area (Å²) in [6.45, 7) is 5.16. The van der Waals surface area contributed by atoms with E-state index in [0.717, 1.165) is 42.5 Å². The highest BCUT2D eigenvalue weighted by molar-refractivity contribution is 7.85. The summed E-state index contributed by atoms with van der Waals surface area (Å²) in [6, 6.07) is 13.3. The SMILES string of the molecule is Cc1c(O)cccc1[C@@H]1CN[C@H](C(=O)N2CCC[C@H]2C#N)C1.Cc1ccc(S(=O)(=O)O)cc1. The molecule has 0 aromatic heterocycles. The number of nitrogens with one attached hydrogen (secondary N) is 1. The molecule has 2 saturated heterocycles. The van der Waals surface area contributed by atoms with Gasteiger partial charge in [-0.3, -0.25) is 9.35 Å². The van der Waals surface area contributed by atoms with Gasteiger partial charge in [-0.1, -0.05) is 29.8 Å². The molecule has 0 unspecified atom stereocenters. The Morgan fingerprint density at radius 1 is 1.18 bits per heavy atom. The predicted molar refractivity (Wildman–Crippen MR) is 123 cm³/mol. The summed E-state index contributed by atoms with van der Waals surface area (Å²) in [4.78, 5) is 14.3. The molecule has 176 valence electrons. The van der Waals surface area contributed by atoms with E-state index >= 15 is 0 Å². The minimum Gasteiger partial charge on any atom is -0.508 e. The Morgan fingerprint density at radius 3 is 2.52 bits per heavy atom. The Hall–Kier alpha value is -2.93. The van der Waals surface area contributed by atoms with Gasteiger partial charge in [-0.05, 0) is 68.4 Å². The molecule has 1 amide bonds. The molecule has 2 aliphatic heterocycles. The monoisotopic (exact) mass is 471 g/mol. The lowest BCUT2D eigenvalue weighted by Gasteiger charge is -2.23. The first-order chi connectivity index (χ1) is 15.6. The maximum absolute atomic E-state index is 12.6. The molecular weight excluding hydrogens is 442 g/mol. The Morgan fingerprint density at radius 2 is 1.88 bits per heavy atom. The zero-order valence-corrected chi connectivity index (χ0v) is 19.5. The quantitative estimate of drug-likeness (QED) is 0.587. The van der Waals surface area contributed by atoms with Gasteiger partial charge in [0.2, 0.25) is 5.91 Å². The number of likely N-dealkylation sites (tertiary alicyclic amines) is 1. The zero-order chi connectivity index (χ0) is 24.2. The molecule has 0 radical (unpaired) electrons. The van der Waals surface area contributed by atoms with Crippen molar-refractivity contribution < 1.29 is 22.9 Å². The molecule has 8 nitrogen and oxygen atoms in total. The molecule has 2 heterocycles. The molecule has 0 saturated carbocycles. The molecule has 2 aliphatic rings. The van der Waals surface area contributed by atoms with Gasteiger partial charge < -0.3 is 15.3 Å². The highest BCUT2D eigenvalue weighted by Crippen LogP contribution is 2.33. The first kappa shape index (κ1) is 24.7. The number of phenolic OH excluding ortho intramolecular Hbond substituents is 1. The molecule has 3 N–H and O–H groups in total. The van der Waals surface area contributed by atoms with E-state index in [4.69, 9.17) is 9.81 Å². The standard InChI is InChI=1S/C17H21N3O2.C7H8O3S/c1-11-14(5-2-6-16(11)21)12-8-15(19-10-12)17(22)20-7-3-4-13(20)9-18;1-6-2-4-7(5-3-6)11(8,9)10/h2,5-6,12-13,15,19,21H,3-4,7-8,10H2,1H3;2-5H,1H3,(H,8,9,10)/t12-,13-,15-;/m0./s1. The van der Waals surface area contributed by atoms with E-state index in [9.17, 15) is 18.3 Å². The van der Waals surface area contributed by atoms with Gasteiger partial charge in [0.15, 0.2) is 0 Å². The Bertz CT molecular complexity index is 1140. The summed E-state index contributed by atoms with van der Waals surface area (Å²) in [7, 11) is -4.02. The average Bonchev–Trinajstić information content (AvgIpc) is 3.45. The molecule has 0 bridgehead atoms. The summed E-state index contributed by atoms with van der Waals surface area (Å²) in [5.74, 6) is 0.574. The summed E-state index contributed by atoms with van der Waals surface area (Å²) in [5.41, 5.74) is 2.94. The zero-order valence-electron chi connectivity index (χ0n) is 18.7. The van der Waals surface area contributed by atoms with Crippen LogP contribution in [-0.4, -0.2) is 54.1 Å². The molecular formula is C24H29N3O5S. The highest BCUT2D eigenvalue weighted by atomic mass is 32.2. The third-order valence-corrected chi connectivity index (χ3v) is 7.09. The van der Waals surface area contributed by atoms with Crippen molar-refractivity contribution in [3.63, 3.8) is 0 Å². The van der Waals surface area contributed by atoms with Crippen molar-refractivity contribution in [3.8, 4) is 11.8 Å². The van der Waals surface area contributed by atoms with Crippen molar-refractivity contribution in [1.29, 1.82) is 5.26 Å². The van der Waals surface area contributed by atoms with E-state index in [1.165, 1.54) is 12.1 Å². The van der Waals surface area contributed by atoms with E-state index in [1.807, 2.05) is 26.0 Å². The van der Waals surface area contributed by atoms with E-state index in [-0.39, 0.29) is 28.8 Å². The minimum absolute atomic E-state index is 0.0457. The van der Waals surface area contributed by atoms with Crippen LogP contribution in [0.2, 0.25) is 0 Å². The van der Waals surface area contributed by atoms with Gasteiger partial charge in [-0.15, -0.1) is 0 Å². The predicted octanol–water partition coefficient (Wildman–Crippen LogP) is 2.90. The number of nitrogens with zero attached hydrogens (tertiary/aromatic N) is 2. The molecule has 33 heavy (non-hydrogen) atoms. The number of rotatable bonds is 3. The minimum atomic E-state index is -4.02. The number of carbonyl (C=O) groups excluding carboxylic acids is 1. The topological polar surface area (TPSA) is 131 Å².